The van der Waals surface area contributed by atoms with Gasteiger partial charge in [-0.1, -0.05) is 13.0 Å². The minimum Gasteiger partial charge on any atom is -0.461 e. The average Bonchev–Trinajstić information content (AvgIpc) is 2.89. The quantitative estimate of drug-likeness (QED) is 0.475. The Morgan fingerprint density at radius 3 is 2.58 bits per heavy atom. The molecule has 188 valence electrons. The molecule has 0 radical (unpaired) electrons. The number of nitrogens with one attached hydrogen (secondary N) is 2. The zero-order valence-electron chi connectivity index (χ0n) is 20.1. The lowest BCUT2D eigenvalue weighted by molar-refractivity contribution is 0.0518. The van der Waals surface area contributed by atoms with Gasteiger partial charge in [-0.3, -0.25) is 5.32 Å². The Morgan fingerprint density at radius 2 is 1.92 bits per heavy atom. The van der Waals surface area contributed by atoms with Crippen LogP contribution in [0, 0.1) is 5.82 Å². The van der Waals surface area contributed by atoms with Gasteiger partial charge in [-0.05, 0) is 43.7 Å². The normalized spacial score (nSPS) is 13.2. The number of benzene rings is 1. The fourth-order valence-electron chi connectivity index (χ4n) is 3.78. The van der Waals surface area contributed by atoms with Crippen molar-refractivity contribution in [3.05, 3.63) is 59.7 Å². The predicted molar refractivity (Wildman–Crippen MR) is 133 cm³/mol. The zero-order valence-corrected chi connectivity index (χ0v) is 20.1. The van der Waals surface area contributed by atoms with Crippen LogP contribution in [0.1, 0.15) is 29.9 Å². The Bertz CT molecular complexity index is 1230. The number of rotatable bonds is 7. The van der Waals surface area contributed by atoms with E-state index in [1.54, 1.807) is 25.1 Å². The molecular formula is C25H27FN6O4. The Balaban J connectivity index is 1.59. The number of morpholine rings is 1. The van der Waals surface area contributed by atoms with Crippen LogP contribution in [0.4, 0.5) is 26.5 Å². The molecule has 0 bridgehead atoms. The van der Waals surface area contributed by atoms with Gasteiger partial charge in [0.1, 0.15) is 17.5 Å². The number of urea groups is 1. The summed E-state index contributed by atoms with van der Waals surface area (Å²) in [6, 6.07) is 8.29. The number of halogens is 1. The molecule has 0 atom stereocenters. The van der Waals surface area contributed by atoms with Gasteiger partial charge in [-0.25, -0.2) is 28.9 Å². The molecule has 11 heteroatoms. The molecule has 3 heterocycles. The number of ether oxygens (including phenoxy) is 2. The van der Waals surface area contributed by atoms with E-state index in [4.69, 9.17) is 14.5 Å². The first-order valence-electron chi connectivity index (χ1n) is 11.7. The van der Waals surface area contributed by atoms with Gasteiger partial charge in [-0.2, -0.15) is 0 Å². The van der Waals surface area contributed by atoms with Crippen LogP contribution < -0.4 is 15.5 Å². The maximum atomic E-state index is 13.3. The van der Waals surface area contributed by atoms with Crippen LogP contribution in [-0.4, -0.2) is 59.9 Å². The number of hydrogen-bond acceptors (Lipinski definition) is 8. The number of esters is 1. The molecule has 1 fully saturated rings. The number of pyridine rings is 1. The molecule has 2 aromatic heterocycles. The molecule has 1 aliphatic rings. The fourth-order valence-corrected chi connectivity index (χ4v) is 3.78. The third kappa shape index (κ3) is 5.92. The van der Waals surface area contributed by atoms with Crippen LogP contribution in [0.2, 0.25) is 0 Å². The highest BCUT2D eigenvalue weighted by Crippen LogP contribution is 2.27. The molecule has 0 spiro atoms. The molecule has 1 aliphatic heterocycles. The lowest BCUT2D eigenvalue weighted by Gasteiger charge is -2.30. The average molecular weight is 495 g/mol. The molecule has 0 saturated carbocycles. The SMILES string of the molecule is CCOC(=O)c1nc(-c2ccc(NC(=O)Nc3cccc(F)c3)nc2)nc(N2CCOCC2)c1CC. The number of hydrogen-bond donors (Lipinski definition) is 2. The van der Waals surface area contributed by atoms with Gasteiger partial charge in [-0.15, -0.1) is 0 Å². The number of aromatic nitrogens is 3. The number of carbonyl (C=O) groups excluding carboxylic acids is 2. The standard InChI is InChI=1S/C25H27FN6O4/c1-3-19-21(24(33)36-4-2)30-22(31-23(19)32-10-12-35-13-11-32)16-8-9-20(27-15-16)29-25(34)28-18-7-5-6-17(26)14-18/h5-9,14-15H,3-4,10-13H2,1-2H3,(H2,27,28,29,34). The van der Waals surface area contributed by atoms with Crippen LogP contribution in [-0.2, 0) is 15.9 Å². The van der Waals surface area contributed by atoms with Gasteiger partial charge in [0, 0.05) is 36.1 Å². The Hall–Kier alpha value is -4.12. The minimum absolute atomic E-state index is 0.225. The van der Waals surface area contributed by atoms with Gasteiger partial charge in [0.15, 0.2) is 11.5 Å². The van der Waals surface area contributed by atoms with Gasteiger partial charge in [0.25, 0.3) is 0 Å². The lowest BCUT2D eigenvalue weighted by Crippen LogP contribution is -2.38. The van der Waals surface area contributed by atoms with Crippen molar-refractivity contribution in [2.75, 3.05) is 48.4 Å². The minimum atomic E-state index is -0.566. The van der Waals surface area contributed by atoms with E-state index >= 15 is 0 Å². The van der Waals surface area contributed by atoms with Crippen molar-refractivity contribution in [2.45, 2.75) is 20.3 Å². The van der Waals surface area contributed by atoms with Crippen molar-refractivity contribution in [3.63, 3.8) is 0 Å². The van der Waals surface area contributed by atoms with Crippen molar-refractivity contribution < 1.29 is 23.5 Å². The monoisotopic (exact) mass is 494 g/mol. The highest BCUT2D eigenvalue weighted by atomic mass is 19.1. The molecule has 1 aromatic carbocycles. The molecule has 2 amide bonds. The van der Waals surface area contributed by atoms with E-state index in [-0.39, 0.29) is 18.1 Å². The number of carbonyl (C=O) groups is 2. The van der Waals surface area contributed by atoms with Crippen LogP contribution >= 0.6 is 0 Å². The van der Waals surface area contributed by atoms with Crippen molar-refractivity contribution in [2.24, 2.45) is 0 Å². The van der Waals surface area contributed by atoms with E-state index in [9.17, 15) is 14.0 Å². The fraction of sp³-hybridized carbons (Fsp3) is 0.320. The highest BCUT2D eigenvalue weighted by Gasteiger charge is 2.25. The third-order valence-corrected chi connectivity index (χ3v) is 5.46. The largest absolute Gasteiger partial charge is 0.461 e. The van der Waals surface area contributed by atoms with Gasteiger partial charge in [0.2, 0.25) is 0 Å². The van der Waals surface area contributed by atoms with Gasteiger partial charge in [0.05, 0.1) is 19.8 Å². The molecule has 3 aromatic rings. The topological polar surface area (TPSA) is 119 Å². The Morgan fingerprint density at radius 1 is 1.11 bits per heavy atom. The predicted octanol–water partition coefficient (Wildman–Crippen LogP) is 3.90. The molecule has 1 saturated heterocycles. The van der Waals surface area contributed by atoms with Crippen molar-refractivity contribution in [1.29, 1.82) is 0 Å². The van der Waals surface area contributed by atoms with E-state index < -0.39 is 17.8 Å². The summed E-state index contributed by atoms with van der Waals surface area (Å²) in [6.07, 6.45) is 2.07. The van der Waals surface area contributed by atoms with Gasteiger partial charge < -0.3 is 19.7 Å². The van der Waals surface area contributed by atoms with E-state index in [0.717, 1.165) is 5.56 Å². The Kier molecular flexibility index (Phi) is 8.01. The molecule has 4 rings (SSSR count). The molecule has 0 unspecified atom stereocenters. The maximum absolute atomic E-state index is 13.3. The first-order chi connectivity index (χ1) is 17.5. The van der Waals surface area contributed by atoms with Crippen LogP contribution in [0.15, 0.2) is 42.6 Å². The lowest BCUT2D eigenvalue weighted by atomic mass is 10.1. The first kappa shape index (κ1) is 25.0. The number of amides is 2. The van der Waals surface area contributed by atoms with E-state index in [0.29, 0.717) is 55.6 Å². The van der Waals surface area contributed by atoms with Crippen LogP contribution in [0.25, 0.3) is 11.4 Å². The Labute approximate surface area is 207 Å². The van der Waals surface area contributed by atoms with Crippen LogP contribution in [0.5, 0.6) is 0 Å². The molecule has 36 heavy (non-hydrogen) atoms. The second-order valence-electron chi connectivity index (χ2n) is 7.89. The second-order valence-corrected chi connectivity index (χ2v) is 7.89. The third-order valence-electron chi connectivity index (χ3n) is 5.46. The van der Waals surface area contributed by atoms with Crippen LogP contribution in [0.3, 0.4) is 0 Å². The summed E-state index contributed by atoms with van der Waals surface area (Å²) in [5.74, 6) is 0.304. The molecule has 2 N–H and O–H groups in total. The summed E-state index contributed by atoms with van der Waals surface area (Å²) in [7, 11) is 0. The molecule has 0 aliphatic carbocycles. The van der Waals surface area contributed by atoms with Crippen molar-refractivity contribution in [1.82, 2.24) is 15.0 Å². The van der Waals surface area contributed by atoms with Crippen molar-refractivity contribution in [3.8, 4) is 11.4 Å². The van der Waals surface area contributed by atoms with E-state index in [1.165, 1.54) is 24.4 Å². The smallest absolute Gasteiger partial charge is 0.357 e. The number of nitrogens with zero attached hydrogens (tertiary/aromatic N) is 4. The second kappa shape index (κ2) is 11.5. The first-order valence-corrected chi connectivity index (χ1v) is 11.7. The number of anilines is 3. The summed E-state index contributed by atoms with van der Waals surface area (Å²) in [5, 5.41) is 5.14. The summed E-state index contributed by atoms with van der Waals surface area (Å²) in [4.78, 5) is 40.6. The van der Waals surface area contributed by atoms with Crippen molar-refractivity contribution >= 4 is 29.3 Å². The maximum Gasteiger partial charge on any atom is 0.357 e. The molecule has 10 nitrogen and oxygen atoms in total. The zero-order chi connectivity index (χ0) is 25.5. The highest BCUT2D eigenvalue weighted by molar-refractivity contribution is 5.99. The summed E-state index contributed by atoms with van der Waals surface area (Å²) < 4.78 is 24.1. The summed E-state index contributed by atoms with van der Waals surface area (Å²) in [6.45, 7) is 6.35. The van der Waals surface area contributed by atoms with E-state index in [1.807, 2.05) is 6.92 Å². The summed E-state index contributed by atoms with van der Waals surface area (Å²) >= 11 is 0. The van der Waals surface area contributed by atoms with Gasteiger partial charge >= 0.3 is 12.0 Å². The van der Waals surface area contributed by atoms with E-state index in [2.05, 4.69) is 25.5 Å². The summed E-state index contributed by atoms with van der Waals surface area (Å²) in [5.41, 5.74) is 1.83. The molecular weight excluding hydrogens is 467 g/mol.